The number of hydrogen-bond donors (Lipinski definition) is 2. The number of thiophene rings is 1. The molecule has 0 fully saturated rings. The van der Waals surface area contributed by atoms with Crippen molar-refractivity contribution in [3.05, 3.63) is 116 Å². The first-order valence-electron chi connectivity index (χ1n) is 12.4. The Morgan fingerprint density at radius 2 is 1.83 bits per heavy atom. The minimum atomic E-state index is -4.45. The Hall–Kier alpha value is -3.90. The molecule has 3 aromatic heterocycles. The number of nitrogens with one attached hydrogen (secondary N) is 1. The number of carbonyl (C=O) groups is 1. The molecule has 1 amide bonds. The van der Waals surface area contributed by atoms with Gasteiger partial charge in [0, 0.05) is 6.07 Å². The van der Waals surface area contributed by atoms with E-state index in [1.165, 1.54) is 35.9 Å². The van der Waals surface area contributed by atoms with Crippen LogP contribution in [-0.4, -0.2) is 33.4 Å². The Bertz CT molecular complexity index is 1740. The molecule has 42 heavy (non-hydrogen) atoms. The van der Waals surface area contributed by atoms with Crippen molar-refractivity contribution in [1.29, 1.82) is 0 Å². The highest BCUT2D eigenvalue weighted by atomic mass is 35.5. The molecular formula is C29H21Cl2F3N4O3S. The third-order valence-corrected chi connectivity index (χ3v) is 8.17. The van der Waals surface area contributed by atoms with Gasteiger partial charge in [0.1, 0.15) is 0 Å². The predicted molar refractivity (Wildman–Crippen MR) is 155 cm³/mol. The van der Waals surface area contributed by atoms with Crippen LogP contribution in [0.3, 0.4) is 0 Å². The Balaban J connectivity index is 1.40. The summed E-state index contributed by atoms with van der Waals surface area (Å²) >= 11 is 13.5. The number of carbonyl (C=O) groups excluding carboxylic acids is 1. The molecule has 7 nitrogen and oxygen atoms in total. The van der Waals surface area contributed by atoms with Gasteiger partial charge in [-0.05, 0) is 66.6 Å². The maximum absolute atomic E-state index is 13.1. The molecule has 0 aliphatic heterocycles. The monoisotopic (exact) mass is 632 g/mol. The Morgan fingerprint density at radius 1 is 1.07 bits per heavy atom. The SMILES string of the molecule is O=C(N[C@H](CO)Cc1ccc(C(F)(F)F)cc1)c1ccc(-c2cc(-c3ccc[n+]([O-])c3)nn2-c2ccc(Cl)c(Cl)c2)s1. The molecule has 1 atom stereocenters. The number of aromatic nitrogens is 3. The number of hydrogen-bond acceptors (Lipinski definition) is 5. The lowest BCUT2D eigenvalue weighted by Gasteiger charge is -2.16. The van der Waals surface area contributed by atoms with Gasteiger partial charge in [-0.2, -0.15) is 23.0 Å². The van der Waals surface area contributed by atoms with E-state index < -0.39 is 30.3 Å². The minimum Gasteiger partial charge on any atom is -0.619 e. The van der Waals surface area contributed by atoms with E-state index in [-0.39, 0.29) is 6.42 Å². The zero-order chi connectivity index (χ0) is 30.0. The summed E-state index contributed by atoms with van der Waals surface area (Å²) in [5.74, 6) is -0.450. The molecule has 0 aliphatic rings. The summed E-state index contributed by atoms with van der Waals surface area (Å²) in [7, 11) is 0. The summed E-state index contributed by atoms with van der Waals surface area (Å²) in [5.41, 5.74) is 2.08. The molecule has 0 saturated carbocycles. The van der Waals surface area contributed by atoms with Gasteiger partial charge in [-0.15, -0.1) is 11.3 Å². The van der Waals surface area contributed by atoms with Crippen molar-refractivity contribution >= 4 is 40.4 Å². The average molecular weight is 633 g/mol. The summed E-state index contributed by atoms with van der Waals surface area (Å²) in [6.07, 6.45) is -1.55. The fourth-order valence-corrected chi connectivity index (χ4v) is 5.45. The number of rotatable bonds is 8. The maximum Gasteiger partial charge on any atom is 0.416 e. The molecule has 0 unspecified atom stereocenters. The molecule has 0 aliphatic carbocycles. The highest BCUT2D eigenvalue weighted by molar-refractivity contribution is 7.17. The lowest BCUT2D eigenvalue weighted by molar-refractivity contribution is -0.604. The third-order valence-electron chi connectivity index (χ3n) is 6.33. The van der Waals surface area contributed by atoms with Gasteiger partial charge >= 0.3 is 6.18 Å². The quantitative estimate of drug-likeness (QED) is 0.150. The summed E-state index contributed by atoms with van der Waals surface area (Å²) in [5, 5.41) is 29.8. The van der Waals surface area contributed by atoms with Crippen molar-refractivity contribution < 1.29 is 27.8 Å². The van der Waals surface area contributed by atoms with Gasteiger partial charge in [0.25, 0.3) is 5.91 Å². The van der Waals surface area contributed by atoms with Crippen LogP contribution in [-0.2, 0) is 12.6 Å². The van der Waals surface area contributed by atoms with Gasteiger partial charge in [-0.3, -0.25) is 4.79 Å². The summed E-state index contributed by atoms with van der Waals surface area (Å²) in [6, 6.07) is 17.4. The van der Waals surface area contributed by atoms with Crippen LogP contribution in [0, 0.1) is 5.21 Å². The zero-order valence-corrected chi connectivity index (χ0v) is 23.8. The van der Waals surface area contributed by atoms with E-state index >= 15 is 0 Å². The van der Waals surface area contributed by atoms with Crippen molar-refractivity contribution in [2.24, 2.45) is 0 Å². The number of amides is 1. The smallest absolute Gasteiger partial charge is 0.416 e. The lowest BCUT2D eigenvalue weighted by Crippen LogP contribution is -2.38. The van der Waals surface area contributed by atoms with Crippen LogP contribution in [0.5, 0.6) is 0 Å². The molecule has 13 heteroatoms. The molecule has 0 radical (unpaired) electrons. The molecule has 5 aromatic rings. The van der Waals surface area contributed by atoms with Gasteiger partial charge in [0.05, 0.1) is 60.7 Å². The molecule has 0 bridgehead atoms. The molecule has 2 N–H and O–H groups in total. The van der Waals surface area contributed by atoms with E-state index in [1.807, 2.05) is 0 Å². The minimum absolute atomic E-state index is 0.142. The van der Waals surface area contributed by atoms with Crippen molar-refractivity contribution in [3.8, 4) is 27.5 Å². The van der Waals surface area contributed by atoms with Gasteiger partial charge in [-0.1, -0.05) is 35.3 Å². The molecule has 3 heterocycles. The Labute approximate surface area is 252 Å². The number of pyridine rings is 1. The molecular weight excluding hydrogens is 612 g/mol. The van der Waals surface area contributed by atoms with E-state index in [9.17, 15) is 28.3 Å². The second kappa shape index (κ2) is 12.1. The first kappa shape index (κ1) is 29.6. The molecule has 5 rings (SSSR count). The second-order valence-electron chi connectivity index (χ2n) is 9.29. The fourth-order valence-electron chi connectivity index (χ4n) is 4.25. The Morgan fingerprint density at radius 3 is 2.50 bits per heavy atom. The van der Waals surface area contributed by atoms with Crippen LogP contribution in [0.1, 0.15) is 20.8 Å². The number of halogens is 5. The number of aliphatic hydroxyl groups is 1. The van der Waals surface area contributed by atoms with Gasteiger partial charge in [0.2, 0.25) is 0 Å². The van der Waals surface area contributed by atoms with Crippen molar-refractivity contribution in [2.45, 2.75) is 18.6 Å². The van der Waals surface area contributed by atoms with Gasteiger partial charge < -0.3 is 15.6 Å². The van der Waals surface area contributed by atoms with Crippen LogP contribution in [0.15, 0.2) is 85.2 Å². The number of alkyl halides is 3. The number of aliphatic hydroxyl groups excluding tert-OH is 1. The predicted octanol–water partition coefficient (Wildman–Crippen LogP) is 6.56. The fraction of sp³-hybridized carbons (Fsp3) is 0.138. The highest BCUT2D eigenvalue weighted by Gasteiger charge is 2.30. The molecule has 0 saturated heterocycles. The second-order valence-corrected chi connectivity index (χ2v) is 11.2. The standard InChI is InChI=1S/C29H21Cl2F3N4O3S/c30-22-8-7-21(13-23(22)31)38-25(14-24(36-38)18-2-1-11-37(41)15-18)26-9-10-27(42-26)28(40)35-20(16-39)12-17-3-5-19(6-4-17)29(32,33)34/h1-11,13-15,20,39H,12,16H2,(H,35,40)/t20-/m0/s1. The van der Waals surface area contributed by atoms with E-state index in [1.54, 1.807) is 53.2 Å². The van der Waals surface area contributed by atoms with E-state index in [2.05, 4.69) is 10.4 Å². The van der Waals surface area contributed by atoms with Crippen LogP contribution < -0.4 is 10.0 Å². The highest BCUT2D eigenvalue weighted by Crippen LogP contribution is 2.35. The molecule has 216 valence electrons. The van der Waals surface area contributed by atoms with Crippen LogP contribution in [0.4, 0.5) is 13.2 Å². The van der Waals surface area contributed by atoms with Crippen LogP contribution in [0.2, 0.25) is 10.0 Å². The van der Waals surface area contributed by atoms with Crippen molar-refractivity contribution in [3.63, 3.8) is 0 Å². The number of nitrogens with zero attached hydrogens (tertiary/aromatic N) is 3. The number of benzene rings is 2. The van der Waals surface area contributed by atoms with E-state index in [0.717, 1.165) is 12.1 Å². The third kappa shape index (κ3) is 6.60. The maximum atomic E-state index is 13.1. The summed E-state index contributed by atoms with van der Waals surface area (Å²) in [6.45, 7) is -0.407. The molecule has 2 aromatic carbocycles. The topological polar surface area (TPSA) is 94.1 Å². The molecule has 0 spiro atoms. The summed E-state index contributed by atoms with van der Waals surface area (Å²) in [4.78, 5) is 14.1. The average Bonchev–Trinajstić information content (AvgIpc) is 3.62. The largest absolute Gasteiger partial charge is 0.619 e. The normalized spacial score (nSPS) is 12.3. The van der Waals surface area contributed by atoms with Gasteiger partial charge in [0.15, 0.2) is 12.4 Å². The van der Waals surface area contributed by atoms with Gasteiger partial charge in [-0.25, -0.2) is 4.68 Å². The van der Waals surface area contributed by atoms with Crippen LogP contribution in [0.25, 0.3) is 27.5 Å². The van der Waals surface area contributed by atoms with Crippen LogP contribution >= 0.6 is 34.5 Å². The van der Waals surface area contributed by atoms with Crippen molar-refractivity contribution in [1.82, 2.24) is 15.1 Å². The lowest BCUT2D eigenvalue weighted by atomic mass is 10.0. The Kier molecular flexibility index (Phi) is 8.55. The van der Waals surface area contributed by atoms with Crippen molar-refractivity contribution in [2.75, 3.05) is 6.61 Å². The van der Waals surface area contributed by atoms with E-state index in [0.29, 0.717) is 52.7 Å². The first-order chi connectivity index (χ1) is 20.0. The first-order valence-corrected chi connectivity index (χ1v) is 14.0. The van der Waals surface area contributed by atoms with E-state index in [4.69, 9.17) is 23.2 Å². The summed E-state index contributed by atoms with van der Waals surface area (Å²) < 4.78 is 40.9. The zero-order valence-electron chi connectivity index (χ0n) is 21.5.